The monoisotopic (exact) mass is 350 g/mol. The molecule has 0 spiro atoms. The number of H-pyrrole nitrogens is 1. The zero-order chi connectivity index (χ0) is 18.1. The first kappa shape index (κ1) is 16.6. The number of imidazole rings is 1. The van der Waals surface area contributed by atoms with Gasteiger partial charge in [0.2, 0.25) is 5.91 Å². The number of aryl methyl sites for hydroxylation is 2. The molecule has 1 aliphatic rings. The topological polar surface area (TPSA) is 79.8 Å². The van der Waals surface area contributed by atoms with Gasteiger partial charge in [0.1, 0.15) is 5.82 Å². The Hall–Kier alpha value is -2.89. The van der Waals surface area contributed by atoms with Gasteiger partial charge in [-0.05, 0) is 18.9 Å². The van der Waals surface area contributed by atoms with Gasteiger partial charge in [-0.25, -0.2) is 4.98 Å². The van der Waals surface area contributed by atoms with Crippen molar-refractivity contribution in [3.63, 3.8) is 0 Å². The summed E-state index contributed by atoms with van der Waals surface area (Å²) in [5.74, 6) is 0.702. The van der Waals surface area contributed by atoms with Crippen molar-refractivity contribution in [2.45, 2.75) is 32.7 Å². The maximum absolute atomic E-state index is 12.5. The average molecular weight is 350 g/mol. The molecule has 6 nitrogen and oxygen atoms in total. The van der Waals surface area contributed by atoms with Crippen LogP contribution >= 0.6 is 0 Å². The smallest absolute Gasteiger partial charge is 0.224 e. The zero-order valence-electron chi connectivity index (χ0n) is 14.8. The molecule has 0 saturated heterocycles. The average Bonchev–Trinajstić information content (AvgIpc) is 3.28. The minimum atomic E-state index is -0.120. The maximum Gasteiger partial charge on any atom is 0.224 e. The lowest BCUT2D eigenvalue weighted by atomic mass is 9.97. The minimum absolute atomic E-state index is 0.0197. The first-order valence-electron chi connectivity index (χ1n) is 9.07. The number of rotatable bonds is 5. The summed E-state index contributed by atoms with van der Waals surface area (Å²) in [6.07, 6.45) is 6.09. The predicted molar refractivity (Wildman–Crippen MR) is 99.1 cm³/mol. The van der Waals surface area contributed by atoms with Gasteiger partial charge in [0.25, 0.3) is 0 Å². The Balaban J connectivity index is 1.39. The molecule has 0 bridgehead atoms. The second-order valence-electron chi connectivity index (χ2n) is 6.77. The predicted octanol–water partition coefficient (Wildman–Crippen LogP) is 2.49. The standard InChI is InChI=1S/C20H22N4O2/c1-2-14-12-24-8-7-13(9-19(24)23-14)20(26)22-11-18(25)16-10-21-17-6-4-3-5-15(16)17/h3-6,10,12-13,21H,2,7-9,11H2,1H3,(H,22,26). The number of hydrogen-bond donors (Lipinski definition) is 2. The number of aromatic nitrogens is 3. The van der Waals surface area contributed by atoms with Crippen molar-refractivity contribution in [2.24, 2.45) is 5.92 Å². The van der Waals surface area contributed by atoms with Crippen LogP contribution in [0.3, 0.4) is 0 Å². The molecule has 0 aliphatic carbocycles. The lowest BCUT2D eigenvalue weighted by Crippen LogP contribution is -2.38. The number of nitrogens with one attached hydrogen (secondary N) is 2. The van der Waals surface area contributed by atoms with Crippen LogP contribution in [0.1, 0.15) is 35.2 Å². The molecular weight excluding hydrogens is 328 g/mol. The van der Waals surface area contributed by atoms with Crippen LogP contribution in [-0.2, 0) is 24.2 Å². The Bertz CT molecular complexity index is 969. The molecule has 0 fully saturated rings. The van der Waals surface area contributed by atoms with Crippen LogP contribution in [0.2, 0.25) is 0 Å². The van der Waals surface area contributed by atoms with E-state index in [1.165, 1.54) is 0 Å². The van der Waals surface area contributed by atoms with Crippen molar-refractivity contribution in [2.75, 3.05) is 6.54 Å². The molecule has 6 heteroatoms. The van der Waals surface area contributed by atoms with Crippen molar-refractivity contribution >= 4 is 22.6 Å². The van der Waals surface area contributed by atoms with E-state index in [0.717, 1.165) is 41.8 Å². The number of carbonyl (C=O) groups excluding carboxylic acids is 2. The van der Waals surface area contributed by atoms with Crippen molar-refractivity contribution in [3.8, 4) is 0 Å². The molecular formula is C20H22N4O2. The number of amides is 1. The van der Waals surface area contributed by atoms with Gasteiger partial charge in [0.15, 0.2) is 5.78 Å². The van der Waals surface area contributed by atoms with Gasteiger partial charge < -0.3 is 14.9 Å². The van der Waals surface area contributed by atoms with E-state index in [1.807, 2.05) is 24.3 Å². The van der Waals surface area contributed by atoms with Gasteiger partial charge in [-0.15, -0.1) is 0 Å². The Labute approximate surface area is 151 Å². The molecule has 1 unspecified atom stereocenters. The van der Waals surface area contributed by atoms with E-state index < -0.39 is 0 Å². The highest BCUT2D eigenvalue weighted by Gasteiger charge is 2.26. The van der Waals surface area contributed by atoms with Gasteiger partial charge in [-0.2, -0.15) is 0 Å². The van der Waals surface area contributed by atoms with E-state index >= 15 is 0 Å². The van der Waals surface area contributed by atoms with Crippen molar-refractivity contribution in [1.29, 1.82) is 0 Å². The van der Waals surface area contributed by atoms with Crippen molar-refractivity contribution in [3.05, 3.63) is 53.7 Å². The Kier molecular flexibility index (Phi) is 4.32. The summed E-state index contributed by atoms with van der Waals surface area (Å²) in [7, 11) is 0. The van der Waals surface area contributed by atoms with E-state index in [1.54, 1.807) is 6.20 Å². The molecule has 2 aromatic heterocycles. The first-order valence-corrected chi connectivity index (χ1v) is 9.07. The number of aromatic amines is 1. The molecule has 1 aliphatic heterocycles. The maximum atomic E-state index is 12.5. The first-order chi connectivity index (χ1) is 12.7. The third kappa shape index (κ3) is 3.03. The second-order valence-corrected chi connectivity index (χ2v) is 6.77. The second kappa shape index (κ2) is 6.78. The van der Waals surface area contributed by atoms with Gasteiger partial charge in [0, 0.05) is 47.7 Å². The summed E-state index contributed by atoms with van der Waals surface area (Å²) in [4.78, 5) is 32.7. The molecule has 4 rings (SSSR count). The number of hydrogen-bond acceptors (Lipinski definition) is 3. The highest BCUT2D eigenvalue weighted by atomic mass is 16.2. The lowest BCUT2D eigenvalue weighted by Gasteiger charge is -2.22. The fourth-order valence-corrected chi connectivity index (χ4v) is 3.59. The molecule has 0 saturated carbocycles. The third-order valence-corrected chi connectivity index (χ3v) is 5.10. The number of ketones is 1. The number of benzene rings is 1. The van der Waals surface area contributed by atoms with Gasteiger partial charge in [-0.1, -0.05) is 25.1 Å². The van der Waals surface area contributed by atoms with E-state index in [9.17, 15) is 9.59 Å². The highest BCUT2D eigenvalue weighted by molar-refractivity contribution is 6.09. The summed E-state index contributed by atoms with van der Waals surface area (Å²) < 4.78 is 2.14. The van der Waals surface area contributed by atoms with Gasteiger partial charge in [-0.3, -0.25) is 9.59 Å². The molecule has 2 N–H and O–H groups in total. The summed E-state index contributed by atoms with van der Waals surface area (Å²) in [6, 6.07) is 7.67. The number of carbonyl (C=O) groups is 2. The Morgan fingerprint density at radius 3 is 3.04 bits per heavy atom. The van der Waals surface area contributed by atoms with Crippen molar-refractivity contribution in [1.82, 2.24) is 19.9 Å². The van der Waals surface area contributed by atoms with Crippen LogP contribution in [0.15, 0.2) is 36.7 Å². The highest BCUT2D eigenvalue weighted by Crippen LogP contribution is 2.21. The lowest BCUT2D eigenvalue weighted by molar-refractivity contribution is -0.125. The Morgan fingerprint density at radius 2 is 2.19 bits per heavy atom. The summed E-state index contributed by atoms with van der Waals surface area (Å²) in [6.45, 7) is 2.90. The molecule has 26 heavy (non-hydrogen) atoms. The molecule has 3 heterocycles. The SMILES string of the molecule is CCc1cn2c(n1)CC(C(=O)NCC(=O)c1c[nH]c3ccccc13)CC2. The zero-order valence-corrected chi connectivity index (χ0v) is 14.8. The van der Waals surface area contributed by atoms with Crippen LogP contribution < -0.4 is 5.32 Å². The van der Waals surface area contributed by atoms with Crippen LogP contribution in [0.5, 0.6) is 0 Å². The summed E-state index contributed by atoms with van der Waals surface area (Å²) in [5.41, 5.74) is 2.61. The van der Waals surface area contributed by atoms with Crippen molar-refractivity contribution < 1.29 is 9.59 Å². The summed E-state index contributed by atoms with van der Waals surface area (Å²) >= 11 is 0. The van der Waals surface area contributed by atoms with Crippen LogP contribution in [0.4, 0.5) is 0 Å². The molecule has 0 radical (unpaired) electrons. The number of fused-ring (bicyclic) bond motifs is 2. The van der Waals surface area contributed by atoms with Crippen LogP contribution in [-0.4, -0.2) is 32.8 Å². The van der Waals surface area contributed by atoms with E-state index in [-0.39, 0.29) is 24.2 Å². The minimum Gasteiger partial charge on any atom is -0.360 e. The van der Waals surface area contributed by atoms with E-state index in [4.69, 9.17) is 0 Å². The normalized spacial score (nSPS) is 16.4. The molecule has 134 valence electrons. The fraction of sp³-hybridized carbons (Fsp3) is 0.350. The van der Waals surface area contributed by atoms with E-state index in [0.29, 0.717) is 12.0 Å². The van der Waals surface area contributed by atoms with Gasteiger partial charge in [0.05, 0.1) is 12.2 Å². The molecule has 1 aromatic carbocycles. The van der Waals surface area contributed by atoms with E-state index in [2.05, 4.69) is 33.0 Å². The summed E-state index contributed by atoms with van der Waals surface area (Å²) in [5, 5.41) is 3.70. The molecule has 3 aromatic rings. The quantitative estimate of drug-likeness (QED) is 0.694. The molecule has 1 atom stereocenters. The van der Waals surface area contributed by atoms with Crippen LogP contribution in [0.25, 0.3) is 10.9 Å². The largest absolute Gasteiger partial charge is 0.360 e. The Morgan fingerprint density at radius 1 is 1.35 bits per heavy atom. The number of Topliss-reactive ketones (excluding diaryl/α,β-unsaturated/α-hetero) is 1. The van der Waals surface area contributed by atoms with Crippen LogP contribution in [0, 0.1) is 5.92 Å². The number of nitrogens with zero attached hydrogens (tertiary/aromatic N) is 2. The number of para-hydroxylation sites is 1. The molecule has 1 amide bonds. The third-order valence-electron chi connectivity index (χ3n) is 5.10. The van der Waals surface area contributed by atoms with Gasteiger partial charge >= 0.3 is 0 Å². The fourth-order valence-electron chi connectivity index (χ4n) is 3.59.